The van der Waals surface area contributed by atoms with Gasteiger partial charge in [0.25, 0.3) is 0 Å². The maximum absolute atomic E-state index is 14.1. The van der Waals surface area contributed by atoms with Crippen molar-refractivity contribution in [1.29, 1.82) is 0 Å². The van der Waals surface area contributed by atoms with E-state index >= 15 is 0 Å². The molecule has 0 aliphatic heterocycles. The third-order valence-electron chi connectivity index (χ3n) is 4.91. The Bertz CT molecular complexity index is 1090. The molecule has 0 unspecified atom stereocenters. The van der Waals surface area contributed by atoms with E-state index in [2.05, 4.69) is 0 Å². The van der Waals surface area contributed by atoms with Gasteiger partial charge in [-0.3, -0.25) is 0 Å². The van der Waals surface area contributed by atoms with Crippen LogP contribution in [0.4, 0.5) is 8.78 Å². The van der Waals surface area contributed by atoms with Crippen LogP contribution in [0.25, 0.3) is 22.3 Å². The molecule has 0 aliphatic rings. The fourth-order valence-electron chi connectivity index (χ4n) is 3.29. The Hall–Kier alpha value is -3.14. The second-order valence-electron chi connectivity index (χ2n) is 6.84. The van der Waals surface area contributed by atoms with Crippen molar-refractivity contribution in [2.24, 2.45) is 0 Å². The van der Waals surface area contributed by atoms with Gasteiger partial charge in [0.2, 0.25) is 0 Å². The van der Waals surface area contributed by atoms with Gasteiger partial charge in [-0.25, -0.2) is 0 Å². The zero-order valence-electron chi connectivity index (χ0n) is 17.1. The molecule has 2 nitrogen and oxygen atoms in total. The molecule has 0 amide bonds. The van der Waals surface area contributed by atoms with E-state index in [9.17, 15) is 8.78 Å². The van der Waals surface area contributed by atoms with Gasteiger partial charge in [-0.05, 0) is 0 Å². The van der Waals surface area contributed by atoms with Gasteiger partial charge in [0.15, 0.2) is 0 Å². The van der Waals surface area contributed by atoms with Crippen molar-refractivity contribution in [3.05, 3.63) is 96.6 Å². The number of benzene rings is 4. The Morgan fingerprint density at radius 3 is 1.29 bits per heavy atom. The molecule has 0 radical (unpaired) electrons. The van der Waals surface area contributed by atoms with E-state index in [1.807, 2.05) is 60.7 Å². The summed E-state index contributed by atoms with van der Waals surface area (Å²) in [6.07, 6.45) is 0. The van der Waals surface area contributed by atoms with Crippen molar-refractivity contribution in [2.75, 3.05) is 14.2 Å². The molecule has 0 N–H and O–H groups in total. The summed E-state index contributed by atoms with van der Waals surface area (Å²) in [6, 6.07) is 24.8. The number of methoxy groups -OCH3 is 2. The molecule has 0 heterocycles. The second-order valence-corrected chi connectivity index (χ2v) is 9.11. The van der Waals surface area contributed by atoms with Gasteiger partial charge in [-0.15, -0.1) is 0 Å². The minimum absolute atomic E-state index is 0.175. The van der Waals surface area contributed by atoms with Crippen LogP contribution in [0.1, 0.15) is 0 Å². The van der Waals surface area contributed by atoms with Crippen LogP contribution in [0.2, 0.25) is 0 Å². The van der Waals surface area contributed by atoms with Crippen LogP contribution in [-0.4, -0.2) is 29.2 Å². The first-order chi connectivity index (χ1) is 15.1. The summed E-state index contributed by atoms with van der Waals surface area (Å²) in [4.78, 5) is 0. The topological polar surface area (TPSA) is 18.5 Å². The van der Waals surface area contributed by atoms with Gasteiger partial charge >= 0.3 is 187 Å². The third kappa shape index (κ3) is 4.79. The van der Waals surface area contributed by atoms with Crippen LogP contribution in [0.15, 0.2) is 84.9 Å². The predicted molar refractivity (Wildman–Crippen MR) is 122 cm³/mol. The SMILES string of the molecule is COc1ccc(-c2cc(F)ccc2[Se]c2ccc(F)cc2-c2ccc(OC)cc2)cc1. The van der Waals surface area contributed by atoms with Crippen molar-refractivity contribution < 1.29 is 18.3 Å². The van der Waals surface area contributed by atoms with Crippen LogP contribution < -0.4 is 18.4 Å². The molecule has 156 valence electrons. The molecule has 0 bridgehead atoms. The average molecular weight is 481 g/mol. The van der Waals surface area contributed by atoms with Crippen molar-refractivity contribution >= 4 is 23.9 Å². The number of hydrogen-bond donors (Lipinski definition) is 0. The van der Waals surface area contributed by atoms with E-state index in [4.69, 9.17) is 9.47 Å². The molecule has 0 saturated heterocycles. The van der Waals surface area contributed by atoms with Gasteiger partial charge < -0.3 is 0 Å². The Kier molecular flexibility index (Phi) is 6.36. The Labute approximate surface area is 186 Å². The van der Waals surface area contributed by atoms with E-state index in [0.29, 0.717) is 0 Å². The summed E-state index contributed by atoms with van der Waals surface area (Å²) in [5.41, 5.74) is 3.47. The molecule has 31 heavy (non-hydrogen) atoms. The van der Waals surface area contributed by atoms with Crippen LogP contribution in [0.3, 0.4) is 0 Å². The molecular formula is C26H20F2O2Se. The fourth-order valence-corrected chi connectivity index (χ4v) is 5.56. The van der Waals surface area contributed by atoms with Crippen molar-refractivity contribution in [3.8, 4) is 33.8 Å². The minimum atomic E-state index is -0.292. The molecule has 4 aromatic carbocycles. The van der Waals surface area contributed by atoms with Gasteiger partial charge in [-0.2, -0.15) is 0 Å². The molecule has 0 saturated carbocycles. The van der Waals surface area contributed by atoms with Crippen molar-refractivity contribution in [2.45, 2.75) is 0 Å². The van der Waals surface area contributed by atoms with Gasteiger partial charge in [-0.1, -0.05) is 0 Å². The Balaban J connectivity index is 1.76. The van der Waals surface area contributed by atoms with Gasteiger partial charge in [0.1, 0.15) is 0 Å². The molecule has 4 aromatic rings. The standard InChI is InChI=1S/C26H20F2O2Se/c1-29-21-9-3-17(4-10-21)23-15-19(27)7-13-25(23)31-26-14-8-20(28)16-24(26)18-5-11-22(30-2)12-6-18/h3-16H,1-2H3. The monoisotopic (exact) mass is 482 g/mol. The summed E-state index contributed by atoms with van der Waals surface area (Å²) in [6.45, 7) is 0. The summed E-state index contributed by atoms with van der Waals surface area (Å²) < 4.78 is 40.7. The molecular weight excluding hydrogens is 461 g/mol. The summed E-state index contributed by atoms with van der Waals surface area (Å²) in [5, 5.41) is 0. The number of rotatable bonds is 6. The van der Waals surface area contributed by atoms with Crippen LogP contribution in [-0.2, 0) is 0 Å². The molecule has 0 fully saturated rings. The predicted octanol–water partition coefficient (Wildman–Crippen LogP) is 4.97. The van der Waals surface area contributed by atoms with Crippen LogP contribution >= 0.6 is 0 Å². The third-order valence-corrected chi connectivity index (χ3v) is 7.32. The summed E-state index contributed by atoms with van der Waals surface area (Å²) in [7, 11) is 3.22. The first-order valence-corrected chi connectivity index (χ1v) is 11.3. The van der Waals surface area contributed by atoms with Gasteiger partial charge in [0.05, 0.1) is 0 Å². The van der Waals surface area contributed by atoms with Crippen molar-refractivity contribution in [1.82, 2.24) is 0 Å². The summed E-state index contributed by atoms with van der Waals surface area (Å²) >= 11 is -0.175. The molecule has 4 rings (SSSR count). The molecule has 0 atom stereocenters. The number of halogens is 2. The van der Waals surface area contributed by atoms with Crippen molar-refractivity contribution in [3.63, 3.8) is 0 Å². The first-order valence-electron chi connectivity index (χ1n) is 9.63. The summed E-state index contributed by atoms with van der Waals surface area (Å²) in [5.74, 6) is 0.903. The van der Waals surface area contributed by atoms with E-state index in [0.717, 1.165) is 42.7 Å². The normalized spacial score (nSPS) is 10.7. The van der Waals surface area contributed by atoms with Crippen LogP contribution in [0, 0.1) is 11.6 Å². The number of ether oxygens (including phenoxy) is 2. The fraction of sp³-hybridized carbons (Fsp3) is 0.0769. The molecule has 0 aliphatic carbocycles. The van der Waals surface area contributed by atoms with Gasteiger partial charge in [0, 0.05) is 0 Å². The zero-order valence-corrected chi connectivity index (χ0v) is 18.8. The van der Waals surface area contributed by atoms with E-state index in [1.54, 1.807) is 26.4 Å². The molecule has 0 spiro atoms. The Morgan fingerprint density at radius 1 is 0.548 bits per heavy atom. The van der Waals surface area contributed by atoms with E-state index in [1.165, 1.54) is 12.1 Å². The number of hydrogen-bond acceptors (Lipinski definition) is 2. The average Bonchev–Trinajstić information content (AvgIpc) is 2.81. The van der Waals surface area contributed by atoms with E-state index in [-0.39, 0.29) is 26.6 Å². The molecule has 5 heteroatoms. The first kappa shape index (κ1) is 21.1. The molecule has 0 aromatic heterocycles. The Morgan fingerprint density at radius 2 is 0.935 bits per heavy atom. The zero-order chi connectivity index (χ0) is 21.8. The quantitative estimate of drug-likeness (QED) is 0.362. The maximum atomic E-state index is 14.1. The second kappa shape index (κ2) is 9.34. The van der Waals surface area contributed by atoms with Crippen LogP contribution in [0.5, 0.6) is 11.5 Å². The van der Waals surface area contributed by atoms with E-state index < -0.39 is 0 Å².